The molecule has 0 atom stereocenters. The molecule has 1 fully saturated rings. The van der Waals surface area contributed by atoms with Gasteiger partial charge in [-0.25, -0.2) is 4.79 Å². The standard InChI is InChI=1S/C19H30N2O3/c1-13(2)23-15-6-7-16(17(20)12-15)14-8-10-21(11-9-14)18(22)24-19(3,4)5/h6-7,12-14H,8-11,20H2,1-5H3. The number of likely N-dealkylation sites (tertiary alicyclic amines) is 1. The molecule has 5 nitrogen and oxygen atoms in total. The van der Waals surface area contributed by atoms with Crippen LogP contribution in [0.2, 0.25) is 0 Å². The fraction of sp³-hybridized carbons (Fsp3) is 0.632. The molecule has 1 aromatic rings. The van der Waals surface area contributed by atoms with Gasteiger partial charge in [-0.2, -0.15) is 0 Å². The summed E-state index contributed by atoms with van der Waals surface area (Å²) in [5, 5.41) is 0. The highest BCUT2D eigenvalue weighted by molar-refractivity contribution is 5.68. The summed E-state index contributed by atoms with van der Waals surface area (Å²) in [6, 6.07) is 5.93. The Morgan fingerprint density at radius 3 is 2.38 bits per heavy atom. The lowest BCUT2D eigenvalue weighted by molar-refractivity contribution is 0.0205. The van der Waals surface area contributed by atoms with Crippen LogP contribution in [0.3, 0.4) is 0 Å². The lowest BCUT2D eigenvalue weighted by Gasteiger charge is -2.34. The summed E-state index contributed by atoms with van der Waals surface area (Å²) in [4.78, 5) is 13.9. The van der Waals surface area contributed by atoms with Gasteiger partial charge in [-0.15, -0.1) is 0 Å². The SMILES string of the molecule is CC(C)Oc1ccc(C2CCN(C(=O)OC(C)(C)C)CC2)c(N)c1. The minimum absolute atomic E-state index is 0.132. The van der Waals surface area contributed by atoms with E-state index >= 15 is 0 Å². The molecule has 1 amide bonds. The molecular weight excluding hydrogens is 304 g/mol. The van der Waals surface area contributed by atoms with E-state index in [0.717, 1.165) is 29.8 Å². The third-order valence-electron chi connectivity index (χ3n) is 4.02. The van der Waals surface area contributed by atoms with Gasteiger partial charge in [-0.05, 0) is 65.0 Å². The first-order chi connectivity index (χ1) is 11.2. The van der Waals surface area contributed by atoms with Crippen LogP contribution < -0.4 is 10.5 Å². The molecule has 1 heterocycles. The van der Waals surface area contributed by atoms with Crippen molar-refractivity contribution in [2.24, 2.45) is 0 Å². The molecule has 0 saturated carbocycles. The average molecular weight is 334 g/mol. The summed E-state index contributed by atoms with van der Waals surface area (Å²) >= 11 is 0. The molecular formula is C19H30N2O3. The van der Waals surface area contributed by atoms with Crippen LogP contribution in [0.4, 0.5) is 10.5 Å². The van der Waals surface area contributed by atoms with Crippen LogP contribution in [-0.4, -0.2) is 35.8 Å². The molecule has 0 bridgehead atoms. The summed E-state index contributed by atoms with van der Waals surface area (Å²) in [5.41, 5.74) is 7.68. The number of hydrogen-bond acceptors (Lipinski definition) is 4. The number of ether oxygens (including phenoxy) is 2. The van der Waals surface area contributed by atoms with Crippen molar-refractivity contribution in [3.8, 4) is 5.75 Å². The van der Waals surface area contributed by atoms with Gasteiger partial charge < -0.3 is 20.1 Å². The molecule has 2 rings (SSSR count). The van der Waals surface area contributed by atoms with Gasteiger partial charge in [0.1, 0.15) is 11.4 Å². The normalized spacial score (nSPS) is 16.3. The molecule has 1 aliphatic rings. The topological polar surface area (TPSA) is 64.8 Å². The Kier molecular flexibility index (Phi) is 5.62. The number of nitrogens with zero attached hydrogens (tertiary/aromatic N) is 1. The quantitative estimate of drug-likeness (QED) is 0.843. The number of piperidine rings is 1. The van der Waals surface area contributed by atoms with Crippen molar-refractivity contribution in [1.29, 1.82) is 0 Å². The van der Waals surface area contributed by atoms with E-state index < -0.39 is 5.60 Å². The third kappa shape index (κ3) is 5.05. The monoisotopic (exact) mass is 334 g/mol. The van der Waals surface area contributed by atoms with Crippen LogP contribution >= 0.6 is 0 Å². The van der Waals surface area contributed by atoms with Crippen molar-refractivity contribution in [3.05, 3.63) is 23.8 Å². The predicted molar refractivity (Wildman–Crippen MR) is 96.4 cm³/mol. The lowest BCUT2D eigenvalue weighted by Crippen LogP contribution is -2.41. The van der Waals surface area contributed by atoms with E-state index in [1.54, 1.807) is 4.90 Å². The smallest absolute Gasteiger partial charge is 0.410 e. The molecule has 134 valence electrons. The summed E-state index contributed by atoms with van der Waals surface area (Å²) in [6.45, 7) is 11.1. The molecule has 0 spiro atoms. The maximum Gasteiger partial charge on any atom is 0.410 e. The minimum atomic E-state index is -0.454. The molecule has 0 unspecified atom stereocenters. The molecule has 0 radical (unpaired) electrons. The van der Waals surface area contributed by atoms with Crippen LogP contribution in [0.15, 0.2) is 18.2 Å². The Hall–Kier alpha value is -1.91. The number of anilines is 1. The Bertz CT molecular complexity index is 570. The first-order valence-corrected chi connectivity index (χ1v) is 8.69. The van der Waals surface area contributed by atoms with Gasteiger partial charge in [0, 0.05) is 24.8 Å². The minimum Gasteiger partial charge on any atom is -0.491 e. The van der Waals surface area contributed by atoms with Crippen molar-refractivity contribution in [1.82, 2.24) is 4.90 Å². The second-order valence-electron chi connectivity index (χ2n) is 7.70. The third-order valence-corrected chi connectivity index (χ3v) is 4.02. The molecule has 24 heavy (non-hydrogen) atoms. The van der Waals surface area contributed by atoms with Crippen molar-refractivity contribution in [2.45, 2.75) is 65.1 Å². The summed E-state index contributed by atoms with van der Waals surface area (Å²) in [5.74, 6) is 1.18. The Balaban J connectivity index is 1.96. The van der Waals surface area contributed by atoms with Gasteiger partial charge in [-0.1, -0.05) is 6.07 Å². The van der Waals surface area contributed by atoms with Crippen LogP contribution in [0, 0.1) is 0 Å². The van der Waals surface area contributed by atoms with Gasteiger partial charge in [0.05, 0.1) is 6.10 Å². The zero-order valence-corrected chi connectivity index (χ0v) is 15.5. The molecule has 1 saturated heterocycles. The second kappa shape index (κ2) is 7.32. The van der Waals surface area contributed by atoms with Gasteiger partial charge in [-0.3, -0.25) is 0 Å². The van der Waals surface area contributed by atoms with Gasteiger partial charge in [0.2, 0.25) is 0 Å². The molecule has 1 aliphatic heterocycles. The zero-order valence-electron chi connectivity index (χ0n) is 15.5. The van der Waals surface area contributed by atoms with Crippen LogP contribution in [-0.2, 0) is 4.74 Å². The maximum absolute atomic E-state index is 12.1. The number of carbonyl (C=O) groups excluding carboxylic acids is 1. The molecule has 5 heteroatoms. The molecule has 0 aliphatic carbocycles. The highest BCUT2D eigenvalue weighted by Gasteiger charge is 2.28. The van der Waals surface area contributed by atoms with E-state index in [9.17, 15) is 4.79 Å². The number of nitrogen functional groups attached to an aromatic ring is 1. The molecule has 0 aromatic heterocycles. The Labute approximate surface area is 145 Å². The van der Waals surface area contributed by atoms with Crippen LogP contribution in [0.25, 0.3) is 0 Å². The van der Waals surface area contributed by atoms with Crippen molar-refractivity contribution >= 4 is 11.8 Å². The molecule has 2 N–H and O–H groups in total. The number of benzene rings is 1. The van der Waals surface area contributed by atoms with Gasteiger partial charge in [0.15, 0.2) is 0 Å². The summed E-state index contributed by atoms with van der Waals surface area (Å²) in [6.07, 6.45) is 1.70. The highest BCUT2D eigenvalue weighted by Crippen LogP contribution is 2.34. The van der Waals surface area contributed by atoms with E-state index in [1.807, 2.05) is 46.8 Å². The van der Waals surface area contributed by atoms with Crippen LogP contribution in [0.1, 0.15) is 58.9 Å². The van der Waals surface area contributed by atoms with E-state index in [1.165, 1.54) is 0 Å². The number of carbonyl (C=O) groups is 1. The zero-order chi connectivity index (χ0) is 17.9. The summed E-state index contributed by atoms with van der Waals surface area (Å²) in [7, 11) is 0. The fourth-order valence-corrected chi connectivity index (χ4v) is 2.97. The summed E-state index contributed by atoms with van der Waals surface area (Å²) < 4.78 is 11.1. The number of amides is 1. The fourth-order valence-electron chi connectivity index (χ4n) is 2.97. The first-order valence-electron chi connectivity index (χ1n) is 8.69. The van der Waals surface area contributed by atoms with Gasteiger partial charge in [0.25, 0.3) is 0 Å². The van der Waals surface area contributed by atoms with E-state index in [0.29, 0.717) is 19.0 Å². The predicted octanol–water partition coefficient (Wildman–Crippen LogP) is 4.17. The average Bonchev–Trinajstić information content (AvgIpc) is 2.45. The van der Waals surface area contributed by atoms with E-state index in [-0.39, 0.29) is 12.2 Å². The van der Waals surface area contributed by atoms with E-state index in [4.69, 9.17) is 15.2 Å². The van der Waals surface area contributed by atoms with Crippen molar-refractivity contribution in [3.63, 3.8) is 0 Å². The van der Waals surface area contributed by atoms with Crippen LogP contribution in [0.5, 0.6) is 5.75 Å². The first kappa shape index (κ1) is 18.4. The number of hydrogen-bond donors (Lipinski definition) is 1. The Morgan fingerprint density at radius 1 is 1.25 bits per heavy atom. The van der Waals surface area contributed by atoms with Gasteiger partial charge >= 0.3 is 6.09 Å². The van der Waals surface area contributed by atoms with Crippen molar-refractivity contribution < 1.29 is 14.3 Å². The number of rotatable bonds is 3. The number of nitrogens with two attached hydrogens (primary N) is 1. The lowest BCUT2D eigenvalue weighted by atomic mass is 9.88. The largest absolute Gasteiger partial charge is 0.491 e. The highest BCUT2D eigenvalue weighted by atomic mass is 16.6. The second-order valence-corrected chi connectivity index (χ2v) is 7.70. The maximum atomic E-state index is 12.1. The Morgan fingerprint density at radius 2 is 1.88 bits per heavy atom. The van der Waals surface area contributed by atoms with Crippen molar-refractivity contribution in [2.75, 3.05) is 18.8 Å². The van der Waals surface area contributed by atoms with E-state index in [2.05, 4.69) is 6.07 Å². The molecule has 1 aromatic carbocycles.